The summed E-state index contributed by atoms with van der Waals surface area (Å²) in [5, 5.41) is 0. The highest BCUT2D eigenvalue weighted by atomic mass is 28.3. The molecule has 0 radical (unpaired) electrons. The standard InChI is InChI=1S/C45H69NOSi.C44H67NOSi/c1-15-17-25-45(26-18-16-2)39-29-35(47-34-21-19-33(20-22-34)42(4,5)6)23-24-36(39)38-28-32-27-31(3)41(37(32)30-40(38)45)48(13,14)46(43(7,8)9)44(10,11)12;1-14-16-26-44(27-17-15-2)38-29-34(46-33-21-19-32(20-22-33)41(3,4)5)23-24-35(38)37-28-31-18-25-40(36(31)30-39(37)44)47(12,13)45(42(6,7)8)43(9,10)11/h19-24,28-32,37,41H,15-18,25-27H2,1-14H3;19-24,28-31,36,40H,14-18,25-27H2,1-13H3. The number of hydrogen-bond donors (Lipinski definition) is 0. The van der Waals surface area contributed by atoms with E-state index in [0.717, 1.165) is 40.0 Å². The molecule has 2 saturated carbocycles. The number of hydrogen-bond acceptors (Lipinski definition) is 4. The van der Waals surface area contributed by atoms with Crippen molar-refractivity contribution in [1.29, 1.82) is 0 Å². The Labute approximate surface area is 585 Å². The van der Waals surface area contributed by atoms with Crippen LogP contribution in [0.3, 0.4) is 0 Å². The predicted octanol–water partition coefficient (Wildman–Crippen LogP) is 26.7. The molecule has 4 nitrogen and oxygen atoms in total. The lowest BCUT2D eigenvalue weighted by atomic mass is 9.68. The Morgan fingerprint density at radius 2 is 0.768 bits per heavy atom. The van der Waals surface area contributed by atoms with Crippen LogP contribution in [0.5, 0.6) is 23.0 Å². The van der Waals surface area contributed by atoms with Crippen LogP contribution in [-0.2, 0) is 21.7 Å². The zero-order valence-corrected chi connectivity index (χ0v) is 67.8. The van der Waals surface area contributed by atoms with E-state index in [1.807, 2.05) is 0 Å². The van der Waals surface area contributed by atoms with Gasteiger partial charge in [0, 0.05) is 33.0 Å². The van der Waals surface area contributed by atoms with Crippen LogP contribution in [0.2, 0.25) is 37.3 Å². The molecule has 10 rings (SSSR count). The summed E-state index contributed by atoms with van der Waals surface area (Å²) >= 11 is 0. The summed E-state index contributed by atoms with van der Waals surface area (Å²) in [5.74, 6) is 7.03. The molecule has 0 spiro atoms. The molecular formula is C89H136N2O2Si2. The summed E-state index contributed by atoms with van der Waals surface area (Å²) in [7, 11) is -3.72. The van der Waals surface area contributed by atoms with Gasteiger partial charge in [-0.05, 0) is 277 Å². The minimum absolute atomic E-state index is 0.0590. The van der Waals surface area contributed by atoms with Crippen LogP contribution >= 0.6 is 0 Å². The van der Waals surface area contributed by atoms with Crippen molar-refractivity contribution in [3.05, 3.63) is 154 Å². The highest BCUT2D eigenvalue weighted by Gasteiger charge is 2.59. The fraction of sp³-hybridized carbons (Fsp3) is 0.640. The Morgan fingerprint density at radius 1 is 0.421 bits per heavy atom. The third-order valence-electron chi connectivity index (χ3n) is 23.9. The molecule has 6 aliphatic rings. The number of benzene rings is 4. The van der Waals surface area contributed by atoms with Gasteiger partial charge < -0.3 is 18.6 Å². The van der Waals surface area contributed by atoms with Gasteiger partial charge in [-0.1, -0.05) is 221 Å². The lowest BCUT2D eigenvalue weighted by Crippen LogP contribution is -2.67. The molecule has 0 aliphatic heterocycles. The van der Waals surface area contributed by atoms with Crippen LogP contribution in [-0.4, -0.2) is 47.8 Å². The van der Waals surface area contributed by atoms with Gasteiger partial charge in [0.15, 0.2) is 0 Å². The maximum absolute atomic E-state index is 6.63. The first-order valence-corrected chi connectivity index (χ1v) is 44.5. The molecule has 4 aromatic rings. The highest BCUT2D eigenvalue weighted by molar-refractivity contribution is 6.77. The fourth-order valence-electron chi connectivity index (χ4n) is 21.8. The summed E-state index contributed by atoms with van der Waals surface area (Å²) in [4.78, 5) is 0. The molecule has 7 unspecified atom stereocenters. The minimum Gasteiger partial charge on any atom is -0.457 e. The van der Waals surface area contributed by atoms with E-state index in [-0.39, 0.29) is 43.8 Å². The molecule has 522 valence electrons. The van der Waals surface area contributed by atoms with Crippen LogP contribution in [0.1, 0.15) is 289 Å². The zero-order valence-electron chi connectivity index (χ0n) is 65.8. The maximum Gasteiger partial charge on any atom is 0.127 e. The molecule has 0 amide bonds. The van der Waals surface area contributed by atoms with Crippen LogP contribution in [0.25, 0.3) is 11.1 Å². The van der Waals surface area contributed by atoms with Gasteiger partial charge in [-0.25, -0.2) is 0 Å². The summed E-state index contributed by atoms with van der Waals surface area (Å²) in [6, 6.07) is 31.6. The number of ether oxygens (including phenoxy) is 2. The summed E-state index contributed by atoms with van der Waals surface area (Å²) in [5.41, 5.74) is 17.5. The van der Waals surface area contributed by atoms with Crippen molar-refractivity contribution in [2.45, 2.75) is 337 Å². The first-order valence-electron chi connectivity index (χ1n) is 38.5. The molecule has 0 bridgehead atoms. The van der Waals surface area contributed by atoms with Gasteiger partial charge in [0.25, 0.3) is 0 Å². The second kappa shape index (κ2) is 27.7. The summed E-state index contributed by atoms with van der Waals surface area (Å²) in [6.07, 6.45) is 30.1. The number of nitrogens with zero attached hydrogens (tertiary/aromatic N) is 2. The van der Waals surface area contributed by atoms with Crippen molar-refractivity contribution < 1.29 is 9.47 Å². The van der Waals surface area contributed by atoms with E-state index in [4.69, 9.17) is 9.47 Å². The van der Waals surface area contributed by atoms with Crippen molar-refractivity contribution in [3.63, 3.8) is 0 Å². The first-order chi connectivity index (χ1) is 44.1. The SMILES string of the molecule is CCCCC1(CCCC)C2=CC3C(C=C2c2ccc(Oc4ccc(C(C)(C)C)cc4)cc21)CC(C)C3[Si](C)(C)N(C(C)(C)C)C(C)(C)C.CCCCC1(CCCC)C2=CC3C(C=C2c2ccc(Oc4ccc(C(C)(C)C)cc4)cc21)CCC3[Si](C)(C)N(C(C)(C)C)C(C)(C)C. The molecule has 6 aliphatic carbocycles. The van der Waals surface area contributed by atoms with Crippen molar-refractivity contribution >= 4 is 27.6 Å². The van der Waals surface area contributed by atoms with Crippen molar-refractivity contribution in [3.8, 4) is 23.0 Å². The molecule has 0 aromatic heterocycles. The van der Waals surface area contributed by atoms with E-state index in [1.54, 1.807) is 22.3 Å². The van der Waals surface area contributed by atoms with E-state index in [1.165, 1.54) is 130 Å². The van der Waals surface area contributed by atoms with E-state index < -0.39 is 16.5 Å². The van der Waals surface area contributed by atoms with Crippen molar-refractivity contribution in [1.82, 2.24) is 9.13 Å². The van der Waals surface area contributed by atoms with Gasteiger partial charge in [0.05, 0.1) is 0 Å². The maximum atomic E-state index is 6.63. The van der Waals surface area contributed by atoms with Gasteiger partial charge in [0.2, 0.25) is 0 Å². The second-order valence-corrected chi connectivity index (χ2v) is 47.1. The molecule has 2 fully saturated rings. The molecule has 7 atom stereocenters. The Kier molecular flexibility index (Phi) is 21.9. The molecule has 0 N–H and O–H groups in total. The minimum atomic E-state index is -1.89. The number of unbranched alkanes of at least 4 members (excludes halogenated alkanes) is 4. The van der Waals surface area contributed by atoms with Gasteiger partial charge in [-0.15, -0.1) is 0 Å². The summed E-state index contributed by atoms with van der Waals surface area (Å²) in [6.45, 7) is 65.8. The van der Waals surface area contributed by atoms with Gasteiger partial charge in [-0.2, -0.15) is 0 Å². The lowest BCUT2D eigenvalue weighted by Gasteiger charge is -2.57. The van der Waals surface area contributed by atoms with E-state index in [9.17, 15) is 0 Å². The Bertz CT molecular complexity index is 3390. The Morgan fingerprint density at radius 3 is 1.13 bits per heavy atom. The summed E-state index contributed by atoms with van der Waals surface area (Å²) < 4.78 is 19.2. The second-order valence-electron chi connectivity index (χ2n) is 38.1. The zero-order chi connectivity index (χ0) is 70.0. The van der Waals surface area contributed by atoms with E-state index in [0.29, 0.717) is 23.7 Å². The molecule has 0 heterocycles. The number of fused-ring (bicyclic) bond motifs is 8. The average Bonchev–Trinajstić information content (AvgIpc) is 1.56. The topological polar surface area (TPSA) is 24.9 Å². The third kappa shape index (κ3) is 15.0. The van der Waals surface area contributed by atoms with Crippen LogP contribution in [0, 0.1) is 29.6 Å². The van der Waals surface area contributed by atoms with Crippen LogP contribution in [0.4, 0.5) is 0 Å². The first kappa shape index (κ1) is 75.0. The quantitative estimate of drug-likeness (QED) is 0.0824. The van der Waals surface area contributed by atoms with Crippen molar-refractivity contribution in [2.75, 3.05) is 0 Å². The Hall–Kier alpha value is -4.21. The van der Waals surface area contributed by atoms with Crippen LogP contribution in [0.15, 0.2) is 120 Å². The van der Waals surface area contributed by atoms with E-state index in [2.05, 4.69) is 304 Å². The smallest absolute Gasteiger partial charge is 0.127 e. The normalized spacial score (nSPS) is 23.1. The molecule has 95 heavy (non-hydrogen) atoms. The highest BCUT2D eigenvalue weighted by Crippen LogP contribution is 2.65. The molecule has 4 aromatic carbocycles. The van der Waals surface area contributed by atoms with Gasteiger partial charge in [0.1, 0.15) is 39.5 Å². The molecule has 6 heteroatoms. The fourth-order valence-corrected chi connectivity index (χ4v) is 34.3. The Balaban J connectivity index is 0.000000223. The molecular weight excluding hydrogens is 1190 g/mol. The third-order valence-corrected chi connectivity index (χ3v) is 34.0. The largest absolute Gasteiger partial charge is 0.457 e. The van der Waals surface area contributed by atoms with Crippen molar-refractivity contribution in [2.24, 2.45) is 29.6 Å². The molecule has 0 saturated heterocycles. The predicted molar refractivity (Wildman–Crippen MR) is 419 cm³/mol. The van der Waals surface area contributed by atoms with Gasteiger partial charge in [-0.3, -0.25) is 0 Å². The van der Waals surface area contributed by atoms with Gasteiger partial charge >= 0.3 is 0 Å². The lowest BCUT2D eigenvalue weighted by molar-refractivity contribution is 0.121. The van der Waals surface area contributed by atoms with Crippen LogP contribution < -0.4 is 9.47 Å². The number of rotatable bonds is 20. The van der Waals surface area contributed by atoms with E-state index >= 15 is 0 Å². The monoisotopic (exact) mass is 1320 g/mol. The average molecular weight is 1320 g/mol. The number of allylic oxidation sites excluding steroid dienone is 8.